The van der Waals surface area contributed by atoms with Crippen LogP contribution in [-0.4, -0.2) is 9.55 Å². The highest BCUT2D eigenvalue weighted by atomic mass is 79.9. The number of hydrogen-bond donors (Lipinski definition) is 0. The topological polar surface area (TPSA) is 17.8 Å². The van der Waals surface area contributed by atoms with Gasteiger partial charge in [0.15, 0.2) is 0 Å². The third-order valence-electron chi connectivity index (χ3n) is 3.91. The van der Waals surface area contributed by atoms with E-state index < -0.39 is 0 Å². The smallest absolute Gasteiger partial charge is 0.127 e. The van der Waals surface area contributed by atoms with Gasteiger partial charge in [0.25, 0.3) is 0 Å². The lowest BCUT2D eigenvalue weighted by atomic mass is 10.0. The predicted molar refractivity (Wildman–Crippen MR) is 95.2 cm³/mol. The summed E-state index contributed by atoms with van der Waals surface area (Å²) in [6, 6.07) is 6.82. The van der Waals surface area contributed by atoms with Gasteiger partial charge in [0.2, 0.25) is 0 Å². The van der Waals surface area contributed by atoms with E-state index in [9.17, 15) is 0 Å². The molecule has 0 saturated heterocycles. The second-order valence-corrected chi connectivity index (χ2v) is 7.24. The summed E-state index contributed by atoms with van der Waals surface area (Å²) in [4.78, 5) is 4.79. The summed E-state index contributed by atoms with van der Waals surface area (Å²) in [6.45, 7) is 6.51. The monoisotopic (exact) mass is 370 g/mol. The van der Waals surface area contributed by atoms with E-state index in [0.29, 0.717) is 6.04 Å². The average Bonchev–Trinajstić information content (AvgIpc) is 2.82. The SMILES string of the molecule is CCCCC(CCC)n1c(C(C)Cl)nc2cc(Br)ccc21. The van der Waals surface area contributed by atoms with Crippen molar-refractivity contribution in [3.05, 3.63) is 28.5 Å². The first-order chi connectivity index (χ1) is 10.1. The summed E-state index contributed by atoms with van der Waals surface area (Å²) < 4.78 is 3.45. The van der Waals surface area contributed by atoms with Gasteiger partial charge in [0.05, 0.1) is 16.4 Å². The van der Waals surface area contributed by atoms with Crippen LogP contribution >= 0.6 is 27.5 Å². The zero-order valence-corrected chi connectivity index (χ0v) is 15.4. The molecule has 0 bridgehead atoms. The highest BCUT2D eigenvalue weighted by Gasteiger charge is 2.21. The first-order valence-electron chi connectivity index (χ1n) is 7.89. The molecule has 0 radical (unpaired) electrons. The number of halogens is 2. The molecule has 0 spiro atoms. The minimum atomic E-state index is -0.0721. The van der Waals surface area contributed by atoms with Crippen LogP contribution in [0.4, 0.5) is 0 Å². The average molecular weight is 372 g/mol. The van der Waals surface area contributed by atoms with E-state index in [0.717, 1.165) is 15.8 Å². The molecule has 1 aromatic carbocycles. The first kappa shape index (κ1) is 16.8. The number of alkyl halides is 1. The van der Waals surface area contributed by atoms with E-state index in [1.807, 2.05) is 6.92 Å². The molecule has 1 aromatic heterocycles. The van der Waals surface area contributed by atoms with Gasteiger partial charge in [-0.25, -0.2) is 4.98 Å². The van der Waals surface area contributed by atoms with Crippen LogP contribution in [0.15, 0.2) is 22.7 Å². The fourth-order valence-corrected chi connectivity index (χ4v) is 3.43. The van der Waals surface area contributed by atoms with Crippen molar-refractivity contribution in [3.8, 4) is 0 Å². The van der Waals surface area contributed by atoms with Gasteiger partial charge in [0, 0.05) is 10.5 Å². The molecular formula is C17H24BrClN2. The van der Waals surface area contributed by atoms with Crippen LogP contribution in [0.5, 0.6) is 0 Å². The molecule has 0 aliphatic carbocycles. The normalized spacial score (nSPS) is 14.5. The van der Waals surface area contributed by atoms with Gasteiger partial charge in [-0.05, 0) is 38.0 Å². The summed E-state index contributed by atoms with van der Waals surface area (Å²) in [5.41, 5.74) is 2.24. The summed E-state index contributed by atoms with van der Waals surface area (Å²) in [5, 5.41) is -0.0721. The molecule has 0 aliphatic heterocycles. The Balaban J connectivity index is 2.53. The van der Waals surface area contributed by atoms with Crippen molar-refractivity contribution in [3.63, 3.8) is 0 Å². The lowest BCUT2D eigenvalue weighted by Gasteiger charge is -2.22. The molecule has 116 valence electrons. The van der Waals surface area contributed by atoms with Crippen molar-refractivity contribution in [2.24, 2.45) is 0 Å². The van der Waals surface area contributed by atoms with Gasteiger partial charge in [-0.15, -0.1) is 11.6 Å². The Morgan fingerprint density at radius 1 is 1.24 bits per heavy atom. The summed E-state index contributed by atoms with van der Waals surface area (Å²) >= 11 is 9.93. The molecule has 2 aromatic rings. The van der Waals surface area contributed by atoms with Crippen LogP contribution in [0.25, 0.3) is 11.0 Å². The lowest BCUT2D eigenvalue weighted by molar-refractivity contribution is 0.414. The number of hydrogen-bond acceptors (Lipinski definition) is 1. The lowest BCUT2D eigenvalue weighted by Crippen LogP contribution is -2.13. The minimum absolute atomic E-state index is 0.0721. The number of nitrogens with zero attached hydrogens (tertiary/aromatic N) is 2. The molecule has 21 heavy (non-hydrogen) atoms. The van der Waals surface area contributed by atoms with Gasteiger partial charge in [-0.2, -0.15) is 0 Å². The molecule has 2 rings (SSSR count). The van der Waals surface area contributed by atoms with E-state index >= 15 is 0 Å². The Morgan fingerprint density at radius 3 is 2.62 bits per heavy atom. The van der Waals surface area contributed by atoms with E-state index in [4.69, 9.17) is 16.6 Å². The second kappa shape index (κ2) is 7.64. The van der Waals surface area contributed by atoms with E-state index in [2.05, 4.69) is 52.5 Å². The molecule has 0 aliphatic rings. The molecule has 2 atom stereocenters. The zero-order chi connectivity index (χ0) is 15.4. The largest absolute Gasteiger partial charge is 0.324 e. The molecule has 2 unspecified atom stereocenters. The van der Waals surface area contributed by atoms with Crippen LogP contribution in [0, 0.1) is 0 Å². The number of imidazole rings is 1. The highest BCUT2D eigenvalue weighted by molar-refractivity contribution is 9.10. The van der Waals surface area contributed by atoms with Crippen LogP contribution in [0.2, 0.25) is 0 Å². The standard InChI is InChI=1S/C17H24BrClN2/c1-4-6-8-14(7-5-2)21-16-10-9-13(18)11-15(16)20-17(21)12(3)19/h9-12,14H,4-8H2,1-3H3. The maximum atomic E-state index is 6.40. The molecule has 4 heteroatoms. The van der Waals surface area contributed by atoms with Crippen LogP contribution < -0.4 is 0 Å². The van der Waals surface area contributed by atoms with Crippen LogP contribution in [0.1, 0.15) is 70.1 Å². The molecule has 0 saturated carbocycles. The third kappa shape index (κ3) is 3.81. The maximum Gasteiger partial charge on any atom is 0.127 e. The van der Waals surface area contributed by atoms with Gasteiger partial charge in [-0.3, -0.25) is 0 Å². The molecular weight excluding hydrogens is 348 g/mol. The van der Waals surface area contributed by atoms with Crippen LogP contribution in [0.3, 0.4) is 0 Å². The molecule has 2 nitrogen and oxygen atoms in total. The quantitative estimate of drug-likeness (QED) is 0.499. The Morgan fingerprint density at radius 2 is 2.00 bits per heavy atom. The zero-order valence-electron chi connectivity index (χ0n) is 13.1. The van der Waals surface area contributed by atoms with E-state index in [1.54, 1.807) is 0 Å². The number of unbranched alkanes of at least 4 members (excludes halogenated alkanes) is 1. The molecule has 0 fully saturated rings. The fourth-order valence-electron chi connectivity index (χ4n) is 2.93. The van der Waals surface area contributed by atoms with Crippen molar-refractivity contribution in [1.82, 2.24) is 9.55 Å². The van der Waals surface area contributed by atoms with E-state index in [-0.39, 0.29) is 5.38 Å². The summed E-state index contributed by atoms with van der Waals surface area (Å²) in [5.74, 6) is 0.999. The van der Waals surface area contributed by atoms with Crippen molar-refractivity contribution in [1.29, 1.82) is 0 Å². The van der Waals surface area contributed by atoms with E-state index in [1.165, 1.54) is 37.6 Å². The van der Waals surface area contributed by atoms with Crippen LogP contribution in [-0.2, 0) is 0 Å². The maximum absolute atomic E-state index is 6.40. The number of fused-ring (bicyclic) bond motifs is 1. The first-order valence-corrected chi connectivity index (χ1v) is 9.12. The Hall–Kier alpha value is -0.540. The van der Waals surface area contributed by atoms with Crippen molar-refractivity contribution in [2.75, 3.05) is 0 Å². The number of aromatic nitrogens is 2. The van der Waals surface area contributed by atoms with Crippen molar-refractivity contribution < 1.29 is 0 Å². The predicted octanol–water partition coefficient (Wildman–Crippen LogP) is 6.63. The molecule has 1 heterocycles. The third-order valence-corrected chi connectivity index (χ3v) is 4.60. The molecule has 0 amide bonds. The van der Waals surface area contributed by atoms with Gasteiger partial charge in [0.1, 0.15) is 5.82 Å². The number of benzene rings is 1. The molecule has 0 N–H and O–H groups in total. The Kier molecular flexibility index (Phi) is 6.12. The van der Waals surface area contributed by atoms with Gasteiger partial charge < -0.3 is 4.57 Å². The van der Waals surface area contributed by atoms with Gasteiger partial charge in [-0.1, -0.05) is 49.0 Å². The Labute approximate surface area is 141 Å². The number of rotatable bonds is 7. The van der Waals surface area contributed by atoms with Crippen molar-refractivity contribution >= 4 is 38.6 Å². The summed E-state index contributed by atoms with van der Waals surface area (Å²) in [6.07, 6.45) is 6.03. The summed E-state index contributed by atoms with van der Waals surface area (Å²) in [7, 11) is 0. The minimum Gasteiger partial charge on any atom is -0.324 e. The Bertz CT molecular complexity index is 592. The highest BCUT2D eigenvalue weighted by Crippen LogP contribution is 2.33. The van der Waals surface area contributed by atoms with Gasteiger partial charge >= 0.3 is 0 Å². The fraction of sp³-hybridized carbons (Fsp3) is 0.588. The van der Waals surface area contributed by atoms with Crippen molar-refractivity contribution in [2.45, 2.75) is 64.3 Å². The second-order valence-electron chi connectivity index (χ2n) is 5.67.